The SMILES string of the molecule is CCc1cnc(CNC(=O)C2CCCN2)s1. The number of carbonyl (C=O) groups excluding carboxylic acids is 1. The Balaban J connectivity index is 1.80. The molecule has 1 fully saturated rings. The van der Waals surface area contributed by atoms with Gasteiger partial charge in [-0.25, -0.2) is 4.98 Å². The van der Waals surface area contributed by atoms with Gasteiger partial charge in [0, 0.05) is 11.1 Å². The molecule has 2 heterocycles. The number of aromatic nitrogens is 1. The molecule has 88 valence electrons. The summed E-state index contributed by atoms with van der Waals surface area (Å²) < 4.78 is 0. The van der Waals surface area contributed by atoms with Gasteiger partial charge in [-0.3, -0.25) is 4.79 Å². The Morgan fingerprint density at radius 2 is 2.62 bits per heavy atom. The Kier molecular flexibility index (Phi) is 3.90. The fourth-order valence-electron chi connectivity index (χ4n) is 1.79. The van der Waals surface area contributed by atoms with Gasteiger partial charge in [0.05, 0.1) is 12.6 Å². The molecule has 1 saturated heterocycles. The lowest BCUT2D eigenvalue weighted by Gasteiger charge is -2.09. The van der Waals surface area contributed by atoms with Crippen LogP contribution in [0.25, 0.3) is 0 Å². The molecule has 0 spiro atoms. The summed E-state index contributed by atoms with van der Waals surface area (Å²) in [6.07, 6.45) is 4.94. The van der Waals surface area contributed by atoms with E-state index in [0.717, 1.165) is 30.8 Å². The topological polar surface area (TPSA) is 54.0 Å². The fraction of sp³-hybridized carbons (Fsp3) is 0.636. The number of hydrogen-bond acceptors (Lipinski definition) is 4. The molecule has 1 amide bonds. The van der Waals surface area contributed by atoms with Crippen LogP contribution in [0.5, 0.6) is 0 Å². The molecule has 5 heteroatoms. The molecule has 2 N–H and O–H groups in total. The monoisotopic (exact) mass is 239 g/mol. The molecule has 1 aliphatic rings. The molecule has 0 radical (unpaired) electrons. The van der Waals surface area contributed by atoms with E-state index in [2.05, 4.69) is 22.5 Å². The molecular formula is C11H17N3OS. The molecule has 16 heavy (non-hydrogen) atoms. The second kappa shape index (κ2) is 5.41. The molecule has 0 aliphatic carbocycles. The summed E-state index contributed by atoms with van der Waals surface area (Å²) in [5, 5.41) is 7.09. The predicted molar refractivity (Wildman–Crippen MR) is 64.4 cm³/mol. The van der Waals surface area contributed by atoms with Crippen molar-refractivity contribution in [2.45, 2.75) is 38.8 Å². The normalized spacial score (nSPS) is 19.9. The largest absolute Gasteiger partial charge is 0.348 e. The van der Waals surface area contributed by atoms with Crippen molar-refractivity contribution in [1.29, 1.82) is 0 Å². The quantitative estimate of drug-likeness (QED) is 0.826. The van der Waals surface area contributed by atoms with Gasteiger partial charge in [-0.15, -0.1) is 11.3 Å². The molecule has 1 atom stereocenters. The zero-order valence-electron chi connectivity index (χ0n) is 9.45. The van der Waals surface area contributed by atoms with Crippen molar-refractivity contribution in [1.82, 2.24) is 15.6 Å². The van der Waals surface area contributed by atoms with Gasteiger partial charge in [0.15, 0.2) is 0 Å². The number of aryl methyl sites for hydroxylation is 1. The standard InChI is InChI=1S/C11H17N3OS/c1-2-8-6-13-10(16-8)7-14-11(15)9-4-3-5-12-9/h6,9,12H,2-5,7H2,1H3,(H,14,15). The lowest BCUT2D eigenvalue weighted by Crippen LogP contribution is -2.39. The third kappa shape index (κ3) is 2.80. The highest BCUT2D eigenvalue weighted by atomic mass is 32.1. The Bertz CT molecular complexity index is 358. The van der Waals surface area contributed by atoms with Crippen molar-refractivity contribution in [3.05, 3.63) is 16.1 Å². The Hall–Kier alpha value is -0.940. The molecule has 0 aromatic carbocycles. The Morgan fingerprint density at radius 1 is 1.75 bits per heavy atom. The van der Waals surface area contributed by atoms with E-state index in [1.54, 1.807) is 11.3 Å². The third-order valence-electron chi connectivity index (χ3n) is 2.74. The second-order valence-electron chi connectivity index (χ2n) is 3.94. The highest BCUT2D eigenvalue weighted by Gasteiger charge is 2.21. The van der Waals surface area contributed by atoms with E-state index in [-0.39, 0.29) is 11.9 Å². The molecule has 1 aromatic heterocycles. The van der Waals surface area contributed by atoms with Gasteiger partial charge in [-0.2, -0.15) is 0 Å². The van der Waals surface area contributed by atoms with Crippen LogP contribution in [0.4, 0.5) is 0 Å². The maximum Gasteiger partial charge on any atom is 0.237 e. The number of nitrogens with one attached hydrogen (secondary N) is 2. The molecule has 1 unspecified atom stereocenters. The van der Waals surface area contributed by atoms with Gasteiger partial charge in [0.25, 0.3) is 0 Å². The first-order valence-electron chi connectivity index (χ1n) is 5.74. The molecule has 2 rings (SSSR count). The van der Waals surface area contributed by atoms with Crippen molar-refractivity contribution in [3.8, 4) is 0 Å². The van der Waals surface area contributed by atoms with E-state index in [0.29, 0.717) is 6.54 Å². The van der Waals surface area contributed by atoms with Crippen LogP contribution in [0.2, 0.25) is 0 Å². The molecule has 4 nitrogen and oxygen atoms in total. The minimum absolute atomic E-state index is 0.00519. The van der Waals surface area contributed by atoms with Gasteiger partial charge >= 0.3 is 0 Å². The maximum atomic E-state index is 11.7. The van der Waals surface area contributed by atoms with E-state index in [9.17, 15) is 4.79 Å². The highest BCUT2D eigenvalue weighted by Crippen LogP contribution is 2.13. The van der Waals surface area contributed by atoms with Crippen LogP contribution in [-0.2, 0) is 17.8 Å². The summed E-state index contributed by atoms with van der Waals surface area (Å²) >= 11 is 1.67. The first-order valence-corrected chi connectivity index (χ1v) is 6.56. The first kappa shape index (κ1) is 11.5. The average Bonchev–Trinajstić information content (AvgIpc) is 2.96. The summed E-state index contributed by atoms with van der Waals surface area (Å²) in [6.45, 7) is 3.62. The number of amides is 1. The van der Waals surface area contributed by atoms with Crippen molar-refractivity contribution in [3.63, 3.8) is 0 Å². The third-order valence-corrected chi connectivity index (χ3v) is 3.88. The summed E-state index contributed by atoms with van der Waals surface area (Å²) in [6, 6.07) is 0.00519. The smallest absolute Gasteiger partial charge is 0.237 e. The molecule has 0 saturated carbocycles. The summed E-state index contributed by atoms with van der Waals surface area (Å²) in [4.78, 5) is 17.2. The van der Waals surface area contributed by atoms with E-state index >= 15 is 0 Å². The van der Waals surface area contributed by atoms with Gasteiger partial charge in [-0.1, -0.05) is 6.92 Å². The number of thiazole rings is 1. The van der Waals surface area contributed by atoms with Crippen LogP contribution in [0.3, 0.4) is 0 Å². The van der Waals surface area contributed by atoms with Crippen LogP contribution in [-0.4, -0.2) is 23.5 Å². The van der Waals surface area contributed by atoms with E-state index in [4.69, 9.17) is 0 Å². The number of rotatable bonds is 4. The lowest BCUT2D eigenvalue weighted by molar-refractivity contribution is -0.122. The van der Waals surface area contributed by atoms with Gasteiger partial charge in [0.2, 0.25) is 5.91 Å². The first-order chi connectivity index (χ1) is 7.79. The lowest BCUT2D eigenvalue weighted by atomic mass is 10.2. The zero-order valence-corrected chi connectivity index (χ0v) is 10.3. The van der Waals surface area contributed by atoms with Crippen LogP contribution in [0.15, 0.2) is 6.20 Å². The maximum absolute atomic E-state index is 11.7. The van der Waals surface area contributed by atoms with E-state index in [1.807, 2.05) is 6.20 Å². The summed E-state index contributed by atoms with van der Waals surface area (Å²) in [7, 11) is 0. The van der Waals surface area contributed by atoms with Crippen LogP contribution >= 0.6 is 11.3 Å². The highest BCUT2D eigenvalue weighted by molar-refractivity contribution is 7.11. The minimum atomic E-state index is 0.00519. The summed E-state index contributed by atoms with van der Waals surface area (Å²) in [5.74, 6) is 0.103. The van der Waals surface area contributed by atoms with Crippen LogP contribution in [0, 0.1) is 0 Å². The van der Waals surface area contributed by atoms with Crippen molar-refractivity contribution >= 4 is 17.2 Å². The molecule has 0 bridgehead atoms. The number of nitrogens with zero attached hydrogens (tertiary/aromatic N) is 1. The van der Waals surface area contributed by atoms with Crippen LogP contribution in [0.1, 0.15) is 29.7 Å². The van der Waals surface area contributed by atoms with Gasteiger partial charge in [-0.05, 0) is 25.8 Å². The van der Waals surface area contributed by atoms with Crippen LogP contribution < -0.4 is 10.6 Å². The van der Waals surface area contributed by atoms with E-state index in [1.165, 1.54) is 4.88 Å². The summed E-state index contributed by atoms with van der Waals surface area (Å²) in [5.41, 5.74) is 0. The molecular weight excluding hydrogens is 222 g/mol. The minimum Gasteiger partial charge on any atom is -0.348 e. The second-order valence-corrected chi connectivity index (χ2v) is 5.14. The van der Waals surface area contributed by atoms with Crippen molar-refractivity contribution in [2.24, 2.45) is 0 Å². The zero-order chi connectivity index (χ0) is 11.4. The number of carbonyl (C=O) groups is 1. The van der Waals surface area contributed by atoms with Gasteiger partial charge in [0.1, 0.15) is 5.01 Å². The predicted octanol–water partition coefficient (Wildman–Crippen LogP) is 1.07. The fourth-order valence-corrected chi connectivity index (χ4v) is 2.59. The average molecular weight is 239 g/mol. The number of hydrogen-bond donors (Lipinski definition) is 2. The Labute approximate surface area is 99.5 Å². The Morgan fingerprint density at radius 3 is 3.25 bits per heavy atom. The van der Waals surface area contributed by atoms with E-state index < -0.39 is 0 Å². The van der Waals surface area contributed by atoms with Gasteiger partial charge < -0.3 is 10.6 Å². The van der Waals surface area contributed by atoms with Crippen molar-refractivity contribution < 1.29 is 4.79 Å². The molecule has 1 aliphatic heterocycles. The van der Waals surface area contributed by atoms with Crippen molar-refractivity contribution in [2.75, 3.05) is 6.54 Å². The molecule has 1 aromatic rings.